The topological polar surface area (TPSA) is 37.3 Å². The highest BCUT2D eigenvalue weighted by molar-refractivity contribution is 7.16. The Morgan fingerprint density at radius 2 is 2.00 bits per heavy atom. The maximum Gasteiger partial charge on any atom is 0.303 e. The van der Waals surface area contributed by atoms with E-state index in [0.717, 1.165) is 30.6 Å². The molecule has 1 fully saturated rings. The molecule has 6 heteroatoms. The van der Waals surface area contributed by atoms with Crippen LogP contribution in [-0.2, 0) is 10.7 Å². The van der Waals surface area contributed by atoms with Gasteiger partial charge < -0.3 is 5.11 Å². The summed E-state index contributed by atoms with van der Waals surface area (Å²) in [5, 5.41) is 9.04. The first-order valence-corrected chi connectivity index (χ1v) is 7.88. The van der Waals surface area contributed by atoms with Crippen molar-refractivity contribution in [2.45, 2.75) is 50.9 Å². The summed E-state index contributed by atoms with van der Waals surface area (Å²) in [7, 11) is 0. The summed E-state index contributed by atoms with van der Waals surface area (Å²) in [4.78, 5) is 11.0. The van der Waals surface area contributed by atoms with Crippen LogP contribution in [0.15, 0.2) is 12.1 Å². The fourth-order valence-electron chi connectivity index (χ4n) is 3.11. The molecule has 20 heavy (non-hydrogen) atoms. The van der Waals surface area contributed by atoms with Crippen molar-refractivity contribution in [3.63, 3.8) is 0 Å². The Morgan fingerprint density at radius 3 is 2.50 bits per heavy atom. The zero-order chi connectivity index (χ0) is 14.8. The second-order valence-electron chi connectivity index (χ2n) is 5.62. The Hall–Kier alpha value is -0.680. The molecule has 0 bridgehead atoms. The molecule has 2 rings (SSSR count). The van der Waals surface area contributed by atoms with Crippen LogP contribution < -0.4 is 0 Å². The lowest BCUT2D eigenvalue weighted by atomic mass is 9.68. The van der Waals surface area contributed by atoms with Crippen LogP contribution >= 0.6 is 22.9 Å². The summed E-state index contributed by atoms with van der Waals surface area (Å²) in [6.07, 6.45) is 3.20. The van der Waals surface area contributed by atoms with Crippen molar-refractivity contribution >= 4 is 28.9 Å². The predicted octanol–water partition coefficient (Wildman–Crippen LogP) is 5.31. The number of rotatable bonds is 5. The summed E-state index contributed by atoms with van der Waals surface area (Å²) in [6, 6.07) is 2.80. The summed E-state index contributed by atoms with van der Waals surface area (Å²) >= 11 is 6.59. The van der Waals surface area contributed by atoms with Crippen LogP contribution in [0.3, 0.4) is 0 Å². The van der Waals surface area contributed by atoms with E-state index in [1.165, 1.54) is 12.1 Å². The molecular weight excluding hydrogens is 306 g/mol. The molecule has 0 atom stereocenters. The van der Waals surface area contributed by atoms with E-state index in [1.807, 2.05) is 0 Å². The summed E-state index contributed by atoms with van der Waals surface area (Å²) in [5.74, 6) is -4.00. The fourth-order valence-corrected chi connectivity index (χ4v) is 4.12. The smallest absolute Gasteiger partial charge is 0.303 e. The van der Waals surface area contributed by atoms with E-state index in [9.17, 15) is 13.6 Å². The van der Waals surface area contributed by atoms with Crippen LogP contribution in [0.25, 0.3) is 0 Å². The molecule has 0 aliphatic heterocycles. The van der Waals surface area contributed by atoms with Gasteiger partial charge in [-0.25, -0.2) is 8.78 Å². The van der Waals surface area contributed by atoms with Crippen LogP contribution in [-0.4, -0.2) is 11.1 Å². The number of hydrogen-bond acceptors (Lipinski definition) is 2. The molecule has 1 aromatic heterocycles. The van der Waals surface area contributed by atoms with E-state index in [-0.39, 0.29) is 11.3 Å². The standard InChI is InChI=1S/C14H17ClF2O2S/c15-11-5-4-10(20-11)14(16,17)9-13(8-12(18)19)6-2-1-3-7-13/h4-5H,1-3,6-9H2,(H,18,19). The maximum absolute atomic E-state index is 14.4. The van der Waals surface area contributed by atoms with Crippen molar-refractivity contribution in [2.24, 2.45) is 5.41 Å². The summed E-state index contributed by atoms with van der Waals surface area (Å²) < 4.78 is 29.1. The number of thiophene rings is 1. The third-order valence-electron chi connectivity index (χ3n) is 3.97. The van der Waals surface area contributed by atoms with E-state index in [0.29, 0.717) is 17.2 Å². The molecule has 0 saturated heterocycles. The molecule has 1 heterocycles. The van der Waals surface area contributed by atoms with Crippen molar-refractivity contribution in [3.05, 3.63) is 21.3 Å². The van der Waals surface area contributed by atoms with Gasteiger partial charge in [-0.05, 0) is 30.4 Å². The van der Waals surface area contributed by atoms with E-state index in [1.54, 1.807) is 0 Å². The number of alkyl halides is 2. The molecule has 112 valence electrons. The average Bonchev–Trinajstić information content (AvgIpc) is 2.76. The lowest BCUT2D eigenvalue weighted by Crippen LogP contribution is -2.33. The molecular formula is C14H17ClF2O2S. The van der Waals surface area contributed by atoms with Gasteiger partial charge in [0.1, 0.15) is 0 Å². The van der Waals surface area contributed by atoms with E-state index in [2.05, 4.69) is 0 Å². The Kier molecular flexibility index (Phi) is 4.69. The van der Waals surface area contributed by atoms with Crippen LogP contribution in [0.1, 0.15) is 49.8 Å². The molecule has 1 aliphatic carbocycles. The SMILES string of the molecule is O=C(O)CC1(CC(F)(F)c2ccc(Cl)s2)CCCCC1. The lowest BCUT2D eigenvalue weighted by molar-refractivity contribution is -0.143. The minimum absolute atomic E-state index is 0.0714. The number of halogens is 3. The molecule has 0 spiro atoms. The predicted molar refractivity (Wildman–Crippen MR) is 75.6 cm³/mol. The van der Waals surface area contributed by atoms with Crippen molar-refractivity contribution in [2.75, 3.05) is 0 Å². The third-order valence-corrected chi connectivity index (χ3v) is 5.31. The quantitative estimate of drug-likeness (QED) is 0.797. The lowest BCUT2D eigenvalue weighted by Gasteiger charge is -2.38. The Labute approximate surface area is 125 Å². The highest BCUT2D eigenvalue weighted by atomic mass is 35.5. The molecule has 1 saturated carbocycles. The van der Waals surface area contributed by atoms with Crippen molar-refractivity contribution < 1.29 is 18.7 Å². The van der Waals surface area contributed by atoms with Gasteiger partial charge >= 0.3 is 5.97 Å². The largest absolute Gasteiger partial charge is 0.481 e. The van der Waals surface area contributed by atoms with Crippen molar-refractivity contribution in [1.82, 2.24) is 0 Å². The fraction of sp³-hybridized carbons (Fsp3) is 0.643. The maximum atomic E-state index is 14.4. The van der Waals surface area contributed by atoms with Gasteiger partial charge in [0, 0.05) is 6.42 Å². The first-order valence-electron chi connectivity index (χ1n) is 6.68. The number of aliphatic carboxylic acids is 1. The van der Waals surface area contributed by atoms with Gasteiger partial charge in [0.15, 0.2) is 0 Å². The van der Waals surface area contributed by atoms with Crippen LogP contribution in [0.2, 0.25) is 4.34 Å². The summed E-state index contributed by atoms with van der Waals surface area (Å²) in [5.41, 5.74) is -0.788. The number of carboxylic acid groups (broad SMARTS) is 1. The minimum Gasteiger partial charge on any atom is -0.481 e. The first kappa shape index (κ1) is 15.7. The normalized spacial score (nSPS) is 18.9. The zero-order valence-electron chi connectivity index (χ0n) is 11.0. The van der Waals surface area contributed by atoms with Gasteiger partial charge in [-0.15, -0.1) is 11.3 Å². The molecule has 1 aliphatic rings. The second-order valence-corrected chi connectivity index (χ2v) is 7.33. The van der Waals surface area contributed by atoms with E-state index in [4.69, 9.17) is 16.7 Å². The highest BCUT2D eigenvalue weighted by Gasteiger charge is 2.45. The molecule has 0 radical (unpaired) electrons. The Balaban J connectivity index is 2.20. The first-order chi connectivity index (χ1) is 9.33. The monoisotopic (exact) mass is 322 g/mol. The van der Waals surface area contributed by atoms with Crippen molar-refractivity contribution in [3.8, 4) is 0 Å². The van der Waals surface area contributed by atoms with Crippen molar-refractivity contribution in [1.29, 1.82) is 0 Å². The van der Waals surface area contributed by atoms with E-state index < -0.39 is 23.7 Å². The minimum atomic E-state index is -3.01. The third kappa shape index (κ3) is 3.70. The van der Waals surface area contributed by atoms with Gasteiger partial charge in [0.25, 0.3) is 5.92 Å². The summed E-state index contributed by atoms with van der Waals surface area (Å²) in [6.45, 7) is 0. The molecule has 1 aromatic rings. The zero-order valence-corrected chi connectivity index (χ0v) is 12.6. The van der Waals surface area contributed by atoms with Crippen LogP contribution in [0, 0.1) is 5.41 Å². The van der Waals surface area contributed by atoms with Gasteiger partial charge in [-0.3, -0.25) is 4.79 Å². The Bertz CT molecular complexity index is 481. The average molecular weight is 323 g/mol. The van der Waals surface area contributed by atoms with Crippen LogP contribution in [0.5, 0.6) is 0 Å². The molecule has 0 unspecified atom stereocenters. The van der Waals surface area contributed by atoms with Gasteiger partial charge in [0.2, 0.25) is 0 Å². The van der Waals surface area contributed by atoms with Gasteiger partial charge in [-0.1, -0.05) is 30.9 Å². The highest BCUT2D eigenvalue weighted by Crippen LogP contribution is 2.51. The molecule has 1 N–H and O–H groups in total. The van der Waals surface area contributed by atoms with Crippen LogP contribution in [0.4, 0.5) is 8.78 Å². The number of hydrogen-bond donors (Lipinski definition) is 1. The van der Waals surface area contributed by atoms with Gasteiger partial charge in [0.05, 0.1) is 15.6 Å². The molecule has 2 nitrogen and oxygen atoms in total. The number of carboxylic acids is 1. The van der Waals surface area contributed by atoms with Gasteiger partial charge in [-0.2, -0.15) is 0 Å². The molecule has 0 amide bonds. The second kappa shape index (κ2) is 5.98. The molecule has 0 aromatic carbocycles. The number of carbonyl (C=O) groups is 1. The van der Waals surface area contributed by atoms with E-state index >= 15 is 0 Å². The Morgan fingerprint density at radius 1 is 1.35 bits per heavy atom.